The molecule has 2 atom stereocenters. The minimum Gasteiger partial charge on any atom is -0.491 e. The standard InChI is InChI=1S/C19H26O5/c1-4-23-18(21)7-5-6-14(2)15(3)19(22)16-8-10-17(11-9-16)24-13-12-20/h5-11,15,19-20,22H,4,12-13H2,1-3H3/b7-5+,14-6+/t15-,19+/m1/s1. The van der Waals surface area contributed by atoms with E-state index < -0.39 is 6.10 Å². The molecule has 0 unspecified atom stereocenters. The van der Waals surface area contributed by atoms with Gasteiger partial charge in [-0.15, -0.1) is 0 Å². The highest BCUT2D eigenvalue weighted by Gasteiger charge is 2.17. The summed E-state index contributed by atoms with van der Waals surface area (Å²) in [6, 6.07) is 7.13. The van der Waals surface area contributed by atoms with Gasteiger partial charge in [0.2, 0.25) is 0 Å². The number of allylic oxidation sites excluding steroid dienone is 2. The van der Waals surface area contributed by atoms with E-state index >= 15 is 0 Å². The van der Waals surface area contributed by atoms with E-state index in [1.54, 1.807) is 43.3 Å². The Labute approximate surface area is 143 Å². The Kier molecular flexibility index (Phi) is 8.83. The molecular weight excluding hydrogens is 308 g/mol. The highest BCUT2D eigenvalue weighted by Crippen LogP contribution is 2.28. The van der Waals surface area contributed by atoms with Crippen molar-refractivity contribution in [2.75, 3.05) is 19.8 Å². The van der Waals surface area contributed by atoms with Crippen LogP contribution >= 0.6 is 0 Å². The van der Waals surface area contributed by atoms with Gasteiger partial charge in [0.15, 0.2) is 0 Å². The van der Waals surface area contributed by atoms with Gasteiger partial charge < -0.3 is 19.7 Å². The fourth-order valence-electron chi connectivity index (χ4n) is 2.08. The molecular formula is C19H26O5. The number of esters is 1. The van der Waals surface area contributed by atoms with E-state index in [1.165, 1.54) is 6.08 Å². The van der Waals surface area contributed by atoms with Gasteiger partial charge >= 0.3 is 5.97 Å². The average molecular weight is 334 g/mol. The van der Waals surface area contributed by atoms with Gasteiger partial charge in [-0.2, -0.15) is 0 Å². The first-order chi connectivity index (χ1) is 11.5. The normalized spacial score (nSPS) is 14.5. The topological polar surface area (TPSA) is 76.0 Å². The molecule has 0 fully saturated rings. The minimum absolute atomic E-state index is 0.0370. The molecule has 5 nitrogen and oxygen atoms in total. The van der Waals surface area contributed by atoms with E-state index in [0.29, 0.717) is 12.4 Å². The quantitative estimate of drug-likeness (QED) is 0.412. The fraction of sp³-hybridized carbons (Fsp3) is 0.421. The molecule has 1 aromatic rings. The highest BCUT2D eigenvalue weighted by atomic mass is 16.5. The number of carbonyl (C=O) groups is 1. The van der Waals surface area contributed by atoms with Crippen molar-refractivity contribution in [3.05, 3.63) is 53.6 Å². The van der Waals surface area contributed by atoms with Crippen molar-refractivity contribution in [2.45, 2.75) is 26.9 Å². The summed E-state index contributed by atoms with van der Waals surface area (Å²) in [4.78, 5) is 11.2. The van der Waals surface area contributed by atoms with Gasteiger partial charge in [-0.1, -0.05) is 36.8 Å². The minimum atomic E-state index is -0.663. The zero-order valence-corrected chi connectivity index (χ0v) is 14.4. The summed E-state index contributed by atoms with van der Waals surface area (Å²) >= 11 is 0. The molecule has 0 heterocycles. The number of rotatable bonds is 9. The summed E-state index contributed by atoms with van der Waals surface area (Å²) in [5, 5.41) is 19.2. The zero-order chi connectivity index (χ0) is 17.9. The number of hydrogen-bond acceptors (Lipinski definition) is 5. The highest BCUT2D eigenvalue weighted by molar-refractivity contribution is 5.82. The lowest BCUT2D eigenvalue weighted by atomic mass is 9.91. The van der Waals surface area contributed by atoms with Crippen LogP contribution in [-0.4, -0.2) is 36.0 Å². The molecule has 0 bridgehead atoms. The molecule has 132 valence electrons. The second-order valence-electron chi connectivity index (χ2n) is 5.40. The summed E-state index contributed by atoms with van der Waals surface area (Å²) in [6.45, 7) is 6.13. The number of carbonyl (C=O) groups excluding carboxylic acids is 1. The van der Waals surface area contributed by atoms with E-state index in [-0.39, 0.29) is 25.1 Å². The van der Waals surface area contributed by atoms with Gasteiger partial charge in [-0.25, -0.2) is 4.79 Å². The largest absolute Gasteiger partial charge is 0.491 e. The maximum absolute atomic E-state index is 11.2. The van der Waals surface area contributed by atoms with Gasteiger partial charge in [0.25, 0.3) is 0 Å². The fourth-order valence-corrected chi connectivity index (χ4v) is 2.08. The predicted molar refractivity (Wildman–Crippen MR) is 92.7 cm³/mol. The number of ether oxygens (including phenoxy) is 2. The van der Waals surface area contributed by atoms with Crippen LogP contribution in [0.3, 0.4) is 0 Å². The van der Waals surface area contributed by atoms with Gasteiger partial charge in [0, 0.05) is 12.0 Å². The van der Waals surface area contributed by atoms with Gasteiger partial charge in [0.1, 0.15) is 12.4 Å². The van der Waals surface area contributed by atoms with Crippen molar-refractivity contribution in [2.24, 2.45) is 5.92 Å². The molecule has 0 aliphatic heterocycles. The molecule has 0 aliphatic rings. The Hall–Kier alpha value is -2.11. The Morgan fingerprint density at radius 3 is 2.54 bits per heavy atom. The number of hydrogen-bond donors (Lipinski definition) is 2. The van der Waals surface area contributed by atoms with E-state index in [2.05, 4.69) is 0 Å². The van der Waals surface area contributed by atoms with Crippen LogP contribution in [0.4, 0.5) is 0 Å². The van der Waals surface area contributed by atoms with Crippen LogP contribution in [0.1, 0.15) is 32.4 Å². The molecule has 0 saturated carbocycles. The second kappa shape index (κ2) is 10.6. The van der Waals surface area contributed by atoms with E-state index in [4.69, 9.17) is 14.6 Å². The van der Waals surface area contributed by atoms with Crippen molar-refractivity contribution < 1.29 is 24.5 Å². The Morgan fingerprint density at radius 1 is 1.29 bits per heavy atom. The van der Waals surface area contributed by atoms with Crippen LogP contribution in [0, 0.1) is 5.92 Å². The lowest BCUT2D eigenvalue weighted by molar-refractivity contribution is -0.137. The summed E-state index contributed by atoms with van der Waals surface area (Å²) in [7, 11) is 0. The molecule has 0 radical (unpaired) electrons. The first-order valence-electron chi connectivity index (χ1n) is 8.02. The summed E-state index contributed by atoms with van der Waals surface area (Å²) < 4.78 is 10.1. The van der Waals surface area contributed by atoms with Crippen LogP contribution in [0.15, 0.2) is 48.1 Å². The lowest BCUT2D eigenvalue weighted by Gasteiger charge is -2.20. The predicted octanol–water partition coefficient (Wildman–Crippen LogP) is 2.79. The van der Waals surface area contributed by atoms with E-state index in [9.17, 15) is 9.90 Å². The zero-order valence-electron chi connectivity index (χ0n) is 14.4. The third kappa shape index (κ3) is 6.56. The molecule has 5 heteroatoms. The smallest absolute Gasteiger partial charge is 0.330 e. The maximum Gasteiger partial charge on any atom is 0.330 e. The molecule has 1 rings (SSSR count). The molecule has 2 N–H and O–H groups in total. The first-order valence-corrected chi connectivity index (χ1v) is 8.02. The van der Waals surface area contributed by atoms with Crippen LogP contribution in [-0.2, 0) is 9.53 Å². The van der Waals surface area contributed by atoms with E-state index in [1.807, 2.05) is 13.8 Å². The molecule has 0 aliphatic carbocycles. The number of aliphatic hydroxyl groups excluding tert-OH is 2. The second-order valence-corrected chi connectivity index (χ2v) is 5.40. The van der Waals surface area contributed by atoms with E-state index in [0.717, 1.165) is 11.1 Å². The Morgan fingerprint density at radius 2 is 1.96 bits per heavy atom. The molecule has 0 saturated heterocycles. The van der Waals surface area contributed by atoms with Crippen molar-refractivity contribution in [1.82, 2.24) is 0 Å². The average Bonchev–Trinajstić information content (AvgIpc) is 2.59. The third-order valence-corrected chi connectivity index (χ3v) is 3.65. The van der Waals surface area contributed by atoms with Gasteiger partial charge in [-0.05, 0) is 31.5 Å². The molecule has 0 spiro atoms. The maximum atomic E-state index is 11.2. The van der Waals surface area contributed by atoms with Crippen LogP contribution < -0.4 is 4.74 Å². The van der Waals surface area contributed by atoms with Crippen molar-refractivity contribution >= 4 is 5.97 Å². The summed E-state index contributed by atoms with van der Waals surface area (Å²) in [5.41, 5.74) is 1.73. The first kappa shape index (κ1) is 19.9. The Balaban J connectivity index is 2.68. The number of benzene rings is 1. The molecule has 0 aromatic heterocycles. The van der Waals surface area contributed by atoms with Gasteiger partial charge in [-0.3, -0.25) is 0 Å². The summed E-state index contributed by atoms with van der Waals surface area (Å²) in [6.07, 6.45) is 4.12. The lowest BCUT2D eigenvalue weighted by Crippen LogP contribution is -2.10. The van der Waals surface area contributed by atoms with Crippen molar-refractivity contribution in [3.63, 3.8) is 0 Å². The summed E-state index contributed by atoms with van der Waals surface area (Å²) in [5.74, 6) is 0.159. The Bertz CT molecular complexity index is 560. The van der Waals surface area contributed by atoms with Crippen molar-refractivity contribution in [1.29, 1.82) is 0 Å². The van der Waals surface area contributed by atoms with Crippen LogP contribution in [0.25, 0.3) is 0 Å². The SMILES string of the molecule is CCOC(=O)/C=C/C=C(\C)[C@@H](C)[C@H](O)c1ccc(OCCO)cc1. The molecule has 0 amide bonds. The van der Waals surface area contributed by atoms with Crippen LogP contribution in [0.2, 0.25) is 0 Å². The molecule has 24 heavy (non-hydrogen) atoms. The number of aliphatic hydroxyl groups is 2. The molecule has 1 aromatic carbocycles. The van der Waals surface area contributed by atoms with Crippen molar-refractivity contribution in [3.8, 4) is 5.75 Å². The third-order valence-electron chi connectivity index (χ3n) is 3.65. The van der Waals surface area contributed by atoms with Crippen LogP contribution in [0.5, 0.6) is 5.75 Å². The monoisotopic (exact) mass is 334 g/mol. The van der Waals surface area contributed by atoms with Gasteiger partial charge in [0.05, 0.1) is 19.3 Å².